The zero-order chi connectivity index (χ0) is 21.7. The van der Waals surface area contributed by atoms with E-state index in [0.29, 0.717) is 11.8 Å². The van der Waals surface area contributed by atoms with Gasteiger partial charge in [0.05, 0.1) is 27.4 Å². The summed E-state index contributed by atoms with van der Waals surface area (Å²) in [6.45, 7) is 0. The minimum absolute atomic E-state index is 0.0302. The monoisotopic (exact) mass is 436 g/mol. The maximum Gasteiger partial charge on any atom is 0.416 e. The lowest BCUT2D eigenvalue weighted by molar-refractivity contribution is -0.388. The van der Waals surface area contributed by atoms with Crippen LogP contribution in [0, 0.1) is 10.1 Å². The molecule has 6 nitrogen and oxygen atoms in total. The van der Waals surface area contributed by atoms with Crippen LogP contribution in [0.1, 0.15) is 22.9 Å². The van der Waals surface area contributed by atoms with Crippen molar-refractivity contribution in [3.63, 3.8) is 0 Å². The molecule has 1 amide bonds. The van der Waals surface area contributed by atoms with E-state index in [9.17, 15) is 28.1 Å². The second-order valence-electron chi connectivity index (χ2n) is 6.15. The second-order valence-corrected chi connectivity index (χ2v) is 7.17. The predicted octanol–water partition coefficient (Wildman–Crippen LogP) is 5.20. The van der Waals surface area contributed by atoms with Crippen molar-refractivity contribution in [2.75, 3.05) is 5.75 Å². The molecule has 3 aromatic rings. The molecule has 1 aromatic heterocycles. The van der Waals surface area contributed by atoms with Crippen molar-refractivity contribution in [3.05, 3.63) is 93.9 Å². The van der Waals surface area contributed by atoms with E-state index in [1.807, 2.05) is 6.07 Å². The van der Waals surface area contributed by atoms with Crippen molar-refractivity contribution in [1.29, 1.82) is 0 Å². The molecule has 0 aliphatic heterocycles. The summed E-state index contributed by atoms with van der Waals surface area (Å²) in [6, 6.07) is 14.1. The molecule has 0 radical (unpaired) electrons. The van der Waals surface area contributed by atoms with Crippen LogP contribution in [0.2, 0.25) is 0 Å². The van der Waals surface area contributed by atoms with E-state index in [1.165, 1.54) is 6.26 Å². The van der Waals surface area contributed by atoms with Gasteiger partial charge in [0.2, 0.25) is 5.91 Å². The van der Waals surface area contributed by atoms with Gasteiger partial charge in [-0.25, -0.2) is 0 Å². The largest absolute Gasteiger partial charge is 0.467 e. The van der Waals surface area contributed by atoms with E-state index in [1.54, 1.807) is 36.4 Å². The number of nitro benzene ring substituents is 1. The Hall–Kier alpha value is -3.27. The van der Waals surface area contributed by atoms with Gasteiger partial charge in [0.15, 0.2) is 0 Å². The normalized spacial score (nSPS) is 12.4. The van der Waals surface area contributed by atoms with Gasteiger partial charge in [0, 0.05) is 6.07 Å². The summed E-state index contributed by atoms with van der Waals surface area (Å²) in [6.07, 6.45) is -3.23. The average Bonchev–Trinajstić information content (AvgIpc) is 3.24. The minimum atomic E-state index is -4.70. The Morgan fingerprint density at radius 2 is 1.87 bits per heavy atom. The van der Waals surface area contributed by atoms with E-state index in [2.05, 4.69) is 5.32 Å². The molecule has 2 aromatic carbocycles. The Morgan fingerprint density at radius 3 is 2.47 bits per heavy atom. The van der Waals surface area contributed by atoms with Crippen LogP contribution in [0.15, 0.2) is 76.2 Å². The Balaban J connectivity index is 1.74. The van der Waals surface area contributed by atoms with Crippen molar-refractivity contribution in [2.24, 2.45) is 0 Å². The maximum atomic E-state index is 12.8. The molecule has 10 heteroatoms. The quantitative estimate of drug-likeness (QED) is 0.312. The third kappa shape index (κ3) is 5.20. The molecule has 0 aliphatic carbocycles. The van der Waals surface area contributed by atoms with Gasteiger partial charge < -0.3 is 9.73 Å². The Labute approximate surface area is 173 Å². The lowest BCUT2D eigenvalue weighted by Gasteiger charge is -2.17. The lowest BCUT2D eigenvalue weighted by Crippen LogP contribution is -2.30. The predicted molar refractivity (Wildman–Crippen MR) is 104 cm³/mol. The van der Waals surface area contributed by atoms with Crippen LogP contribution in [0.3, 0.4) is 0 Å². The molecule has 1 N–H and O–H groups in total. The van der Waals surface area contributed by atoms with Gasteiger partial charge in [-0.15, -0.1) is 11.8 Å². The van der Waals surface area contributed by atoms with Crippen molar-refractivity contribution in [2.45, 2.75) is 17.1 Å². The molecule has 0 aliphatic rings. The zero-order valence-electron chi connectivity index (χ0n) is 15.3. The number of rotatable bonds is 7. The third-order valence-electron chi connectivity index (χ3n) is 4.11. The molecular weight excluding hydrogens is 421 g/mol. The molecule has 3 rings (SSSR count). The van der Waals surface area contributed by atoms with Crippen molar-refractivity contribution >= 4 is 23.4 Å². The number of alkyl halides is 3. The fourth-order valence-corrected chi connectivity index (χ4v) is 3.54. The second kappa shape index (κ2) is 9.04. The minimum Gasteiger partial charge on any atom is -0.467 e. The average molecular weight is 436 g/mol. The number of benzene rings is 2. The maximum absolute atomic E-state index is 12.8. The molecule has 156 valence electrons. The van der Waals surface area contributed by atoms with E-state index in [4.69, 9.17) is 4.42 Å². The van der Waals surface area contributed by atoms with Gasteiger partial charge in [0.1, 0.15) is 11.8 Å². The highest BCUT2D eigenvalue weighted by Gasteiger charge is 2.33. The Bertz CT molecular complexity index is 1020. The molecule has 30 heavy (non-hydrogen) atoms. The highest BCUT2D eigenvalue weighted by Crippen LogP contribution is 2.36. The summed E-state index contributed by atoms with van der Waals surface area (Å²) in [5, 5.41) is 14.0. The standard InChI is InChI=1S/C20H15F3N2O4S/c21-20(22,23)14-8-9-17(15(11-14)25(27)28)30-12-18(26)24-19(16-7-4-10-29-16)13-5-2-1-3-6-13/h1-11,19H,12H2,(H,24,26). The number of thioether (sulfide) groups is 1. The van der Waals surface area contributed by atoms with Crippen molar-refractivity contribution in [1.82, 2.24) is 5.32 Å². The van der Waals surface area contributed by atoms with Crippen LogP contribution >= 0.6 is 11.8 Å². The first-order valence-electron chi connectivity index (χ1n) is 8.62. The van der Waals surface area contributed by atoms with E-state index in [0.717, 1.165) is 29.5 Å². The number of carbonyl (C=O) groups is 1. The summed E-state index contributed by atoms with van der Waals surface area (Å²) in [7, 11) is 0. The number of hydrogen-bond donors (Lipinski definition) is 1. The van der Waals surface area contributed by atoms with Crippen molar-refractivity contribution in [3.8, 4) is 0 Å². The van der Waals surface area contributed by atoms with Crippen LogP contribution in [0.25, 0.3) is 0 Å². The molecule has 0 spiro atoms. The third-order valence-corrected chi connectivity index (χ3v) is 5.17. The van der Waals surface area contributed by atoms with Crippen LogP contribution in [0.4, 0.5) is 18.9 Å². The topological polar surface area (TPSA) is 85.4 Å². The molecule has 1 heterocycles. The Kier molecular flexibility index (Phi) is 6.46. The zero-order valence-corrected chi connectivity index (χ0v) is 16.1. The number of halogens is 3. The van der Waals surface area contributed by atoms with Gasteiger partial charge in [-0.05, 0) is 29.8 Å². The first-order valence-corrected chi connectivity index (χ1v) is 9.60. The molecule has 0 bridgehead atoms. The number of nitrogens with one attached hydrogen (secondary N) is 1. The van der Waals surface area contributed by atoms with Gasteiger partial charge in [-0.3, -0.25) is 14.9 Å². The fraction of sp³-hybridized carbons (Fsp3) is 0.150. The summed E-state index contributed by atoms with van der Waals surface area (Å²) < 4.78 is 43.8. The number of nitrogens with zero attached hydrogens (tertiary/aromatic N) is 1. The fourth-order valence-electron chi connectivity index (χ4n) is 2.72. The van der Waals surface area contributed by atoms with Gasteiger partial charge >= 0.3 is 6.18 Å². The number of hydrogen-bond acceptors (Lipinski definition) is 5. The Morgan fingerprint density at radius 1 is 1.13 bits per heavy atom. The number of nitro groups is 1. The summed E-state index contributed by atoms with van der Waals surface area (Å²) in [5.74, 6) is -0.185. The highest BCUT2D eigenvalue weighted by atomic mass is 32.2. The summed E-state index contributed by atoms with van der Waals surface area (Å²) in [4.78, 5) is 22.7. The van der Waals surface area contributed by atoms with Gasteiger partial charge in [-0.1, -0.05) is 30.3 Å². The van der Waals surface area contributed by atoms with Crippen LogP contribution in [-0.2, 0) is 11.0 Å². The number of carbonyl (C=O) groups excluding carboxylic acids is 1. The summed E-state index contributed by atoms with van der Waals surface area (Å²) in [5.41, 5.74) is -1.05. The van der Waals surface area contributed by atoms with Crippen LogP contribution < -0.4 is 5.32 Å². The molecular formula is C20H15F3N2O4S. The first kappa shape index (κ1) is 21.4. The lowest BCUT2D eigenvalue weighted by atomic mass is 10.0. The first-order chi connectivity index (χ1) is 14.3. The smallest absolute Gasteiger partial charge is 0.416 e. The summed E-state index contributed by atoms with van der Waals surface area (Å²) >= 11 is 0.786. The SMILES string of the molecule is O=C(CSc1ccc(C(F)(F)F)cc1[N+](=O)[O-])NC(c1ccccc1)c1ccco1. The van der Waals surface area contributed by atoms with Crippen molar-refractivity contribution < 1.29 is 27.3 Å². The van der Waals surface area contributed by atoms with E-state index in [-0.39, 0.29) is 10.6 Å². The number of amides is 1. The van der Waals surface area contributed by atoms with Gasteiger partial charge in [0.25, 0.3) is 5.69 Å². The molecule has 0 saturated heterocycles. The number of furan rings is 1. The highest BCUT2D eigenvalue weighted by molar-refractivity contribution is 8.00. The van der Waals surface area contributed by atoms with Crippen LogP contribution in [0.5, 0.6) is 0 Å². The molecule has 1 atom stereocenters. The molecule has 0 saturated carbocycles. The molecule has 0 fully saturated rings. The molecule has 1 unspecified atom stereocenters. The van der Waals surface area contributed by atoms with Crippen LogP contribution in [-0.4, -0.2) is 16.6 Å². The van der Waals surface area contributed by atoms with Gasteiger partial charge in [-0.2, -0.15) is 13.2 Å². The van der Waals surface area contributed by atoms with E-state index >= 15 is 0 Å². The van der Waals surface area contributed by atoms with E-state index < -0.39 is 34.3 Å².